The van der Waals surface area contributed by atoms with Gasteiger partial charge in [-0.2, -0.15) is 0 Å². The van der Waals surface area contributed by atoms with Gasteiger partial charge in [0.2, 0.25) is 0 Å². The average Bonchev–Trinajstić information content (AvgIpc) is 3.22. The van der Waals surface area contributed by atoms with E-state index in [9.17, 15) is 0 Å². The van der Waals surface area contributed by atoms with Gasteiger partial charge in [0.05, 0.1) is 0 Å². The molecule has 0 bridgehead atoms. The summed E-state index contributed by atoms with van der Waals surface area (Å²) in [5.74, 6) is 0. The molecule has 29 heavy (non-hydrogen) atoms. The highest BCUT2D eigenvalue weighted by Crippen LogP contribution is 2.51. The highest BCUT2D eigenvalue weighted by Gasteiger charge is 2.39. The molecule has 3 aromatic rings. The number of hydrogen-bond acceptors (Lipinski definition) is 3. The van der Waals surface area contributed by atoms with Crippen LogP contribution in [0.5, 0.6) is 0 Å². The molecule has 2 aliphatic rings. The average molecular weight is 399 g/mol. The van der Waals surface area contributed by atoms with Crippen LogP contribution in [0.1, 0.15) is 30.4 Å². The van der Waals surface area contributed by atoms with Gasteiger partial charge < -0.3 is 0 Å². The number of hydrogen-bond donors (Lipinski definition) is 0. The largest absolute Gasteiger partial charge is 0.291 e. The van der Waals surface area contributed by atoms with E-state index in [0.29, 0.717) is 0 Å². The van der Waals surface area contributed by atoms with Crippen molar-refractivity contribution in [2.45, 2.75) is 25.4 Å². The Kier molecular flexibility index (Phi) is 5.42. The first-order valence-electron chi connectivity index (χ1n) is 10.5. The zero-order valence-corrected chi connectivity index (χ0v) is 17.4. The van der Waals surface area contributed by atoms with Gasteiger partial charge in [0.25, 0.3) is 0 Å². The number of benzene rings is 3. The van der Waals surface area contributed by atoms with Crippen LogP contribution in [0.2, 0.25) is 0 Å². The van der Waals surface area contributed by atoms with E-state index in [1.165, 1.54) is 46.6 Å². The van der Waals surface area contributed by atoms with Crippen molar-refractivity contribution in [3.63, 3.8) is 0 Å². The second kappa shape index (κ2) is 8.48. The van der Waals surface area contributed by atoms with Gasteiger partial charge in [-0.3, -0.25) is 9.21 Å². The number of piperidine rings is 1. The van der Waals surface area contributed by atoms with Crippen LogP contribution in [0.3, 0.4) is 0 Å². The van der Waals surface area contributed by atoms with E-state index in [4.69, 9.17) is 0 Å². The summed E-state index contributed by atoms with van der Waals surface area (Å²) in [5.41, 5.74) is 5.34. The number of para-hydroxylation sites is 1. The van der Waals surface area contributed by atoms with Crippen LogP contribution in [-0.2, 0) is 0 Å². The molecule has 0 amide bonds. The van der Waals surface area contributed by atoms with Gasteiger partial charge in [-0.05, 0) is 48.0 Å². The number of nitrogens with zero attached hydrogens (tertiary/aromatic N) is 2. The molecule has 1 fully saturated rings. The quantitative estimate of drug-likeness (QED) is 0.461. The third kappa shape index (κ3) is 3.73. The minimum atomic E-state index is 0.250. The SMILES string of the molecule is c1ccc(C2=C(c3ccccc3)C(N3CCCCC3)N(c3ccccc3)S2)cc1. The van der Waals surface area contributed by atoms with E-state index >= 15 is 0 Å². The van der Waals surface area contributed by atoms with Crippen molar-refractivity contribution < 1.29 is 0 Å². The molecular weight excluding hydrogens is 372 g/mol. The van der Waals surface area contributed by atoms with E-state index in [1.807, 2.05) is 11.9 Å². The maximum atomic E-state index is 2.68. The summed E-state index contributed by atoms with van der Waals surface area (Å²) in [5, 5.41) is 0. The molecule has 0 N–H and O–H groups in total. The molecule has 1 saturated heterocycles. The van der Waals surface area contributed by atoms with Crippen LogP contribution in [-0.4, -0.2) is 24.2 Å². The van der Waals surface area contributed by atoms with Crippen LogP contribution in [0.4, 0.5) is 5.69 Å². The first-order chi connectivity index (χ1) is 14.4. The van der Waals surface area contributed by atoms with Crippen molar-refractivity contribution in [3.05, 3.63) is 102 Å². The van der Waals surface area contributed by atoms with Crippen molar-refractivity contribution in [3.8, 4) is 0 Å². The third-order valence-electron chi connectivity index (χ3n) is 5.78. The van der Waals surface area contributed by atoms with Crippen molar-refractivity contribution >= 4 is 28.1 Å². The second-order valence-electron chi connectivity index (χ2n) is 7.70. The fourth-order valence-electron chi connectivity index (χ4n) is 4.39. The predicted molar refractivity (Wildman–Crippen MR) is 125 cm³/mol. The van der Waals surface area contributed by atoms with Crippen LogP contribution in [0.25, 0.3) is 10.5 Å². The van der Waals surface area contributed by atoms with E-state index in [0.717, 1.165) is 13.1 Å². The minimum Gasteiger partial charge on any atom is -0.291 e. The molecule has 0 aliphatic carbocycles. The van der Waals surface area contributed by atoms with Crippen molar-refractivity contribution in [2.24, 2.45) is 0 Å². The Labute approximate surface area is 178 Å². The molecule has 2 aliphatic heterocycles. The van der Waals surface area contributed by atoms with Crippen molar-refractivity contribution in [2.75, 3.05) is 17.4 Å². The second-order valence-corrected chi connectivity index (χ2v) is 8.68. The number of likely N-dealkylation sites (tertiary alicyclic amines) is 1. The molecule has 1 unspecified atom stereocenters. The Balaban J connectivity index is 1.67. The highest BCUT2D eigenvalue weighted by molar-refractivity contribution is 8.10. The van der Waals surface area contributed by atoms with Crippen molar-refractivity contribution in [1.29, 1.82) is 0 Å². The smallest absolute Gasteiger partial charge is 0.121 e. The molecule has 2 heterocycles. The van der Waals surface area contributed by atoms with E-state index < -0.39 is 0 Å². The first-order valence-corrected chi connectivity index (χ1v) is 11.3. The standard InChI is InChI=1S/C26H26N2S/c1-5-13-21(14-6-1)24-25(22-15-7-2-8-16-22)29-28(23-17-9-3-10-18-23)26(24)27-19-11-4-12-20-27/h1-3,5-10,13-18,26H,4,11-12,19-20H2. The lowest BCUT2D eigenvalue weighted by Gasteiger charge is -2.39. The molecule has 146 valence electrons. The summed E-state index contributed by atoms with van der Waals surface area (Å²) in [6, 6.07) is 32.7. The number of rotatable bonds is 4. The minimum absolute atomic E-state index is 0.250. The zero-order chi connectivity index (χ0) is 19.5. The van der Waals surface area contributed by atoms with Crippen LogP contribution >= 0.6 is 11.9 Å². The van der Waals surface area contributed by atoms with Crippen LogP contribution in [0, 0.1) is 0 Å². The molecule has 0 radical (unpaired) electrons. The van der Waals surface area contributed by atoms with Gasteiger partial charge in [0.1, 0.15) is 6.17 Å². The lowest BCUT2D eigenvalue weighted by Crippen LogP contribution is -2.46. The molecule has 2 nitrogen and oxygen atoms in total. The van der Waals surface area contributed by atoms with E-state index in [-0.39, 0.29) is 6.17 Å². The zero-order valence-electron chi connectivity index (χ0n) is 16.6. The molecular formula is C26H26N2S. The Morgan fingerprint density at radius 2 is 1.17 bits per heavy atom. The fourth-order valence-corrected chi connectivity index (χ4v) is 5.72. The number of anilines is 1. The lowest BCUT2D eigenvalue weighted by molar-refractivity contribution is 0.204. The Morgan fingerprint density at radius 1 is 0.621 bits per heavy atom. The van der Waals surface area contributed by atoms with E-state index in [2.05, 4.69) is 100 Å². The summed E-state index contributed by atoms with van der Waals surface area (Å²) in [6.07, 6.45) is 4.16. The molecule has 0 spiro atoms. The summed E-state index contributed by atoms with van der Waals surface area (Å²) in [4.78, 5) is 4.05. The Morgan fingerprint density at radius 3 is 1.79 bits per heavy atom. The lowest BCUT2D eigenvalue weighted by atomic mass is 9.97. The van der Waals surface area contributed by atoms with Crippen LogP contribution < -0.4 is 4.31 Å². The van der Waals surface area contributed by atoms with Gasteiger partial charge in [-0.15, -0.1) is 0 Å². The predicted octanol–water partition coefficient (Wildman–Crippen LogP) is 6.54. The van der Waals surface area contributed by atoms with Gasteiger partial charge in [0.15, 0.2) is 0 Å². The molecule has 0 aromatic heterocycles. The summed E-state index contributed by atoms with van der Waals surface area (Å²) < 4.78 is 2.52. The summed E-state index contributed by atoms with van der Waals surface area (Å²) >= 11 is 1.89. The first kappa shape index (κ1) is 18.5. The molecule has 3 heteroatoms. The van der Waals surface area contributed by atoms with Gasteiger partial charge in [0, 0.05) is 29.3 Å². The monoisotopic (exact) mass is 398 g/mol. The van der Waals surface area contributed by atoms with E-state index in [1.54, 1.807) is 0 Å². The molecule has 0 saturated carbocycles. The third-order valence-corrected chi connectivity index (χ3v) is 7.03. The topological polar surface area (TPSA) is 6.48 Å². The summed E-state index contributed by atoms with van der Waals surface area (Å²) in [7, 11) is 0. The van der Waals surface area contributed by atoms with Gasteiger partial charge in [-0.25, -0.2) is 0 Å². The Bertz CT molecular complexity index is 963. The molecule has 5 rings (SSSR count). The Hall–Kier alpha value is -2.49. The summed E-state index contributed by atoms with van der Waals surface area (Å²) in [6.45, 7) is 2.32. The fraction of sp³-hybridized carbons (Fsp3) is 0.231. The maximum Gasteiger partial charge on any atom is 0.121 e. The molecule has 1 atom stereocenters. The highest BCUT2D eigenvalue weighted by atomic mass is 32.2. The normalized spacial score (nSPS) is 20.3. The van der Waals surface area contributed by atoms with Crippen LogP contribution in [0.15, 0.2) is 91.0 Å². The van der Waals surface area contributed by atoms with Gasteiger partial charge in [-0.1, -0.05) is 85.3 Å². The van der Waals surface area contributed by atoms with Crippen molar-refractivity contribution in [1.82, 2.24) is 4.90 Å². The maximum absolute atomic E-state index is 2.68. The molecule has 3 aromatic carbocycles. The van der Waals surface area contributed by atoms with Gasteiger partial charge >= 0.3 is 0 Å².